The number of piperidine rings is 1. The minimum atomic E-state index is 0.380. The van der Waals surface area contributed by atoms with Gasteiger partial charge in [0.05, 0.1) is 0 Å². The normalized spacial score (nSPS) is 24.2. The zero-order valence-electron chi connectivity index (χ0n) is 11.0. The predicted molar refractivity (Wildman–Crippen MR) is 74.6 cm³/mol. The molecule has 2 heterocycles. The molecule has 0 amide bonds. The Kier molecular flexibility index (Phi) is 3.64. The second-order valence-corrected chi connectivity index (χ2v) is 5.65. The molecule has 2 fully saturated rings. The molecular formula is C15H23N3. The summed E-state index contributed by atoms with van der Waals surface area (Å²) in [5.74, 6) is 0. The number of benzene rings is 1. The molecule has 2 aliphatic heterocycles. The van der Waals surface area contributed by atoms with Crippen LogP contribution in [0.15, 0.2) is 30.3 Å². The Morgan fingerprint density at radius 1 is 1.06 bits per heavy atom. The SMILES string of the molecule is c1ccc(CN2CCC3(CC2)CNCCN3)cc1. The highest BCUT2D eigenvalue weighted by Gasteiger charge is 2.35. The summed E-state index contributed by atoms with van der Waals surface area (Å²) in [6, 6.07) is 10.8. The number of likely N-dealkylation sites (tertiary alicyclic amines) is 1. The molecule has 3 rings (SSSR count). The number of nitrogens with one attached hydrogen (secondary N) is 2. The van der Waals surface area contributed by atoms with Gasteiger partial charge in [-0.2, -0.15) is 0 Å². The first-order chi connectivity index (χ1) is 8.86. The quantitative estimate of drug-likeness (QED) is 0.820. The average molecular weight is 245 g/mol. The van der Waals surface area contributed by atoms with Gasteiger partial charge in [-0.1, -0.05) is 30.3 Å². The topological polar surface area (TPSA) is 27.3 Å². The van der Waals surface area contributed by atoms with Crippen molar-refractivity contribution in [3.63, 3.8) is 0 Å². The molecule has 0 saturated carbocycles. The van der Waals surface area contributed by atoms with Crippen molar-refractivity contribution in [3.8, 4) is 0 Å². The van der Waals surface area contributed by atoms with Crippen molar-refractivity contribution in [2.24, 2.45) is 0 Å². The summed E-state index contributed by atoms with van der Waals surface area (Å²) in [7, 11) is 0. The van der Waals surface area contributed by atoms with Gasteiger partial charge in [0.15, 0.2) is 0 Å². The third-order valence-electron chi connectivity index (χ3n) is 4.33. The molecular weight excluding hydrogens is 222 g/mol. The second-order valence-electron chi connectivity index (χ2n) is 5.65. The van der Waals surface area contributed by atoms with Gasteiger partial charge in [0.1, 0.15) is 0 Å². The van der Waals surface area contributed by atoms with Crippen molar-refractivity contribution in [1.29, 1.82) is 0 Å². The van der Waals surface area contributed by atoms with Crippen molar-refractivity contribution >= 4 is 0 Å². The third-order valence-corrected chi connectivity index (χ3v) is 4.33. The van der Waals surface area contributed by atoms with E-state index in [-0.39, 0.29) is 0 Å². The van der Waals surface area contributed by atoms with E-state index in [1.165, 1.54) is 31.5 Å². The van der Waals surface area contributed by atoms with Crippen molar-refractivity contribution in [2.45, 2.75) is 24.9 Å². The van der Waals surface area contributed by atoms with Crippen LogP contribution >= 0.6 is 0 Å². The Labute approximate surface area is 110 Å². The fourth-order valence-electron chi connectivity index (χ4n) is 3.14. The fraction of sp³-hybridized carbons (Fsp3) is 0.600. The molecule has 1 aromatic rings. The lowest BCUT2D eigenvalue weighted by atomic mass is 9.86. The highest BCUT2D eigenvalue weighted by atomic mass is 15.2. The van der Waals surface area contributed by atoms with Crippen LogP contribution in [-0.2, 0) is 6.54 Å². The van der Waals surface area contributed by atoms with E-state index in [4.69, 9.17) is 0 Å². The Hall–Kier alpha value is -0.900. The van der Waals surface area contributed by atoms with Crippen LogP contribution < -0.4 is 10.6 Å². The van der Waals surface area contributed by atoms with Gasteiger partial charge in [0.25, 0.3) is 0 Å². The highest BCUT2D eigenvalue weighted by molar-refractivity contribution is 5.14. The molecule has 2 aliphatic rings. The van der Waals surface area contributed by atoms with Crippen LogP contribution in [0.25, 0.3) is 0 Å². The second kappa shape index (κ2) is 5.39. The van der Waals surface area contributed by atoms with Gasteiger partial charge in [-0.15, -0.1) is 0 Å². The molecule has 3 heteroatoms. The number of hydrogen-bond donors (Lipinski definition) is 2. The Morgan fingerprint density at radius 3 is 2.50 bits per heavy atom. The minimum absolute atomic E-state index is 0.380. The molecule has 0 aliphatic carbocycles. The maximum absolute atomic E-state index is 3.73. The zero-order chi connectivity index (χ0) is 12.3. The van der Waals surface area contributed by atoms with E-state index in [0.717, 1.165) is 26.2 Å². The monoisotopic (exact) mass is 245 g/mol. The van der Waals surface area contributed by atoms with E-state index in [9.17, 15) is 0 Å². The standard InChI is InChI=1S/C15H23N3/c1-2-4-14(5-3-1)12-18-10-6-15(7-11-18)13-16-8-9-17-15/h1-5,16-17H,6-13H2. The Morgan fingerprint density at radius 2 is 1.83 bits per heavy atom. The van der Waals surface area contributed by atoms with Crippen molar-refractivity contribution in [1.82, 2.24) is 15.5 Å². The van der Waals surface area contributed by atoms with Gasteiger partial charge in [0, 0.05) is 44.8 Å². The molecule has 18 heavy (non-hydrogen) atoms. The summed E-state index contributed by atoms with van der Waals surface area (Å²) in [5.41, 5.74) is 1.81. The van der Waals surface area contributed by atoms with Crippen LogP contribution in [0.2, 0.25) is 0 Å². The summed E-state index contributed by atoms with van der Waals surface area (Å²) < 4.78 is 0. The molecule has 98 valence electrons. The molecule has 2 N–H and O–H groups in total. The van der Waals surface area contributed by atoms with E-state index < -0.39 is 0 Å². The van der Waals surface area contributed by atoms with Crippen LogP contribution in [0.5, 0.6) is 0 Å². The molecule has 0 aromatic heterocycles. The van der Waals surface area contributed by atoms with E-state index >= 15 is 0 Å². The van der Waals surface area contributed by atoms with Crippen LogP contribution in [-0.4, -0.2) is 43.2 Å². The van der Waals surface area contributed by atoms with Crippen molar-refractivity contribution in [3.05, 3.63) is 35.9 Å². The minimum Gasteiger partial charge on any atom is -0.314 e. The largest absolute Gasteiger partial charge is 0.314 e. The van der Waals surface area contributed by atoms with E-state index in [1.54, 1.807) is 0 Å². The molecule has 3 nitrogen and oxygen atoms in total. The lowest BCUT2D eigenvalue weighted by Crippen LogP contribution is -2.63. The Bertz CT molecular complexity index is 361. The number of hydrogen-bond acceptors (Lipinski definition) is 3. The molecule has 1 aromatic carbocycles. The summed E-state index contributed by atoms with van der Waals surface area (Å²) in [5, 5.41) is 7.26. The number of piperazine rings is 1. The van der Waals surface area contributed by atoms with Gasteiger partial charge in [-0.05, 0) is 18.4 Å². The smallest absolute Gasteiger partial charge is 0.0331 e. The number of rotatable bonds is 2. The van der Waals surface area contributed by atoms with Crippen LogP contribution in [0.1, 0.15) is 18.4 Å². The van der Waals surface area contributed by atoms with Crippen LogP contribution in [0.4, 0.5) is 0 Å². The van der Waals surface area contributed by atoms with E-state index in [0.29, 0.717) is 5.54 Å². The Balaban J connectivity index is 1.54. The van der Waals surface area contributed by atoms with Crippen molar-refractivity contribution < 1.29 is 0 Å². The lowest BCUT2D eigenvalue weighted by Gasteiger charge is -2.45. The summed E-state index contributed by atoms with van der Waals surface area (Å²) >= 11 is 0. The molecule has 0 unspecified atom stereocenters. The first-order valence-corrected chi connectivity index (χ1v) is 7.08. The van der Waals surface area contributed by atoms with Gasteiger partial charge < -0.3 is 10.6 Å². The highest BCUT2D eigenvalue weighted by Crippen LogP contribution is 2.23. The summed E-state index contributed by atoms with van der Waals surface area (Å²) in [6.07, 6.45) is 2.54. The third kappa shape index (κ3) is 2.74. The molecule has 0 atom stereocenters. The predicted octanol–water partition coefficient (Wildman–Crippen LogP) is 1.21. The number of nitrogens with zero attached hydrogens (tertiary/aromatic N) is 1. The van der Waals surface area contributed by atoms with Gasteiger partial charge >= 0.3 is 0 Å². The molecule has 1 spiro atoms. The molecule has 0 bridgehead atoms. The van der Waals surface area contributed by atoms with Crippen molar-refractivity contribution in [2.75, 3.05) is 32.7 Å². The first kappa shape index (κ1) is 12.2. The van der Waals surface area contributed by atoms with Crippen LogP contribution in [0.3, 0.4) is 0 Å². The van der Waals surface area contributed by atoms with Crippen LogP contribution in [0, 0.1) is 0 Å². The maximum Gasteiger partial charge on any atom is 0.0331 e. The van der Waals surface area contributed by atoms with Gasteiger partial charge in [0.2, 0.25) is 0 Å². The average Bonchev–Trinajstić information content (AvgIpc) is 2.44. The van der Waals surface area contributed by atoms with Gasteiger partial charge in [-0.3, -0.25) is 4.90 Å². The summed E-state index contributed by atoms with van der Waals surface area (Å²) in [6.45, 7) is 6.91. The van der Waals surface area contributed by atoms with E-state index in [2.05, 4.69) is 45.9 Å². The molecule has 0 radical (unpaired) electrons. The lowest BCUT2D eigenvalue weighted by molar-refractivity contribution is 0.116. The van der Waals surface area contributed by atoms with E-state index in [1.807, 2.05) is 0 Å². The zero-order valence-corrected chi connectivity index (χ0v) is 11.0. The maximum atomic E-state index is 3.73. The van der Waals surface area contributed by atoms with Gasteiger partial charge in [-0.25, -0.2) is 0 Å². The molecule has 2 saturated heterocycles. The fourth-order valence-corrected chi connectivity index (χ4v) is 3.14. The summed E-state index contributed by atoms with van der Waals surface area (Å²) in [4.78, 5) is 2.58. The first-order valence-electron chi connectivity index (χ1n) is 7.08.